The molecule has 1 unspecified atom stereocenters. The summed E-state index contributed by atoms with van der Waals surface area (Å²) in [5.41, 5.74) is 1.04. The lowest BCUT2D eigenvalue weighted by Crippen LogP contribution is -2.19. The Hall–Kier alpha value is -0.305. The fourth-order valence-electron chi connectivity index (χ4n) is 0.709. The molecule has 0 aromatic heterocycles. The maximum Gasteiger partial charge on any atom is 0.162 e. The Balaban J connectivity index is 4.02. The van der Waals surface area contributed by atoms with Crippen LogP contribution in [0.5, 0.6) is 0 Å². The van der Waals surface area contributed by atoms with Gasteiger partial charge >= 0.3 is 0 Å². The fourth-order valence-corrected chi connectivity index (χ4v) is 1.32. The minimum absolute atomic E-state index is 0.266. The van der Waals surface area contributed by atoms with E-state index in [1.54, 1.807) is 0 Å². The van der Waals surface area contributed by atoms with Crippen LogP contribution in [0.1, 0.15) is 6.42 Å². The highest BCUT2D eigenvalue weighted by Crippen LogP contribution is 2.19. The second-order valence-electron chi connectivity index (χ2n) is 2.53. The summed E-state index contributed by atoms with van der Waals surface area (Å²) in [6.07, 6.45) is 2.73. The first kappa shape index (κ1) is 10.7. The molecule has 0 saturated heterocycles. The van der Waals surface area contributed by atoms with E-state index in [1.807, 2.05) is 25.1 Å². The smallest absolute Gasteiger partial charge is 0.162 e. The first-order chi connectivity index (χ1) is 5.13. The summed E-state index contributed by atoms with van der Waals surface area (Å²) in [7, 11) is 9.41. The molecule has 0 aromatic rings. The molecule has 11 heavy (non-hydrogen) atoms. The van der Waals surface area contributed by atoms with Crippen LogP contribution in [0.4, 0.5) is 0 Å². The van der Waals surface area contributed by atoms with Crippen molar-refractivity contribution in [2.45, 2.75) is 11.7 Å². The Morgan fingerprint density at radius 3 is 2.55 bits per heavy atom. The van der Waals surface area contributed by atoms with Gasteiger partial charge < -0.3 is 4.90 Å². The molecule has 0 aromatic carbocycles. The standard InChI is InChI=1S/C8H14BNS/c1-5-6-8(11-9)7(2)10(3)4/h5,8H,1-2,6H2,3-4H3. The summed E-state index contributed by atoms with van der Waals surface area (Å²) in [5, 5.41) is 0.266. The van der Waals surface area contributed by atoms with Crippen LogP contribution in [0.2, 0.25) is 0 Å². The van der Waals surface area contributed by atoms with E-state index in [0.29, 0.717) is 0 Å². The van der Waals surface area contributed by atoms with Gasteiger partial charge in [-0.3, -0.25) is 0 Å². The maximum atomic E-state index is 5.48. The Bertz CT molecular complexity index is 145. The minimum atomic E-state index is 0.266. The molecular weight excluding hydrogens is 153 g/mol. The van der Waals surface area contributed by atoms with Gasteiger partial charge in [0.1, 0.15) is 0 Å². The number of hydrogen-bond donors (Lipinski definition) is 0. The molecule has 0 fully saturated rings. The highest BCUT2D eigenvalue weighted by Gasteiger charge is 2.09. The van der Waals surface area contributed by atoms with Crippen LogP contribution < -0.4 is 0 Å². The summed E-state index contributed by atoms with van der Waals surface area (Å²) in [6.45, 7) is 7.58. The lowest BCUT2D eigenvalue weighted by molar-refractivity contribution is 0.496. The van der Waals surface area contributed by atoms with Gasteiger partial charge in [-0.1, -0.05) is 12.7 Å². The van der Waals surface area contributed by atoms with Crippen LogP contribution in [0.25, 0.3) is 0 Å². The molecule has 0 amide bonds. The Morgan fingerprint density at radius 2 is 2.27 bits per heavy atom. The van der Waals surface area contributed by atoms with E-state index in [1.165, 1.54) is 11.6 Å². The summed E-state index contributed by atoms with van der Waals surface area (Å²) in [6, 6.07) is 0. The third-order valence-electron chi connectivity index (χ3n) is 1.49. The number of nitrogens with zero attached hydrogens (tertiary/aromatic N) is 1. The van der Waals surface area contributed by atoms with E-state index in [2.05, 4.69) is 13.2 Å². The molecule has 0 N–H and O–H groups in total. The first-order valence-electron chi connectivity index (χ1n) is 3.46. The monoisotopic (exact) mass is 167 g/mol. The van der Waals surface area contributed by atoms with Gasteiger partial charge in [0, 0.05) is 25.0 Å². The van der Waals surface area contributed by atoms with Crippen molar-refractivity contribution in [1.82, 2.24) is 4.90 Å². The predicted octanol–water partition coefficient (Wildman–Crippen LogP) is 1.82. The molecule has 1 nitrogen and oxygen atoms in total. The molecule has 0 spiro atoms. The van der Waals surface area contributed by atoms with Gasteiger partial charge in [-0.2, -0.15) is 0 Å². The van der Waals surface area contributed by atoms with Gasteiger partial charge in [-0.25, -0.2) is 11.6 Å². The lowest BCUT2D eigenvalue weighted by Gasteiger charge is -2.23. The van der Waals surface area contributed by atoms with Crippen molar-refractivity contribution in [3.63, 3.8) is 0 Å². The molecule has 60 valence electrons. The SMILES string of the molecule is [B]SC(CC=C)C(=C)N(C)C. The number of hydrogen-bond acceptors (Lipinski definition) is 2. The van der Waals surface area contributed by atoms with Crippen molar-refractivity contribution in [2.75, 3.05) is 14.1 Å². The summed E-state index contributed by atoms with van der Waals surface area (Å²) >= 11 is 1.32. The minimum Gasteiger partial charge on any atom is -0.381 e. The molecular formula is C8H14BNS. The Kier molecular flexibility index (Phi) is 5.21. The average molecular weight is 167 g/mol. The van der Waals surface area contributed by atoms with E-state index in [0.717, 1.165) is 12.1 Å². The molecule has 0 bridgehead atoms. The third-order valence-corrected chi connectivity index (χ3v) is 2.28. The maximum absolute atomic E-state index is 5.48. The molecule has 0 heterocycles. The van der Waals surface area contributed by atoms with Crippen LogP contribution in [0.15, 0.2) is 24.9 Å². The molecule has 1 atom stereocenters. The molecule has 0 saturated carbocycles. The van der Waals surface area contributed by atoms with Gasteiger partial charge in [0.2, 0.25) is 0 Å². The molecule has 0 aliphatic heterocycles. The fraction of sp³-hybridized carbons (Fsp3) is 0.500. The molecule has 0 aliphatic rings. The molecule has 0 aliphatic carbocycles. The van der Waals surface area contributed by atoms with Crippen LogP contribution >= 0.6 is 11.6 Å². The zero-order valence-corrected chi connectivity index (χ0v) is 8.03. The van der Waals surface area contributed by atoms with Crippen LogP contribution in [-0.2, 0) is 0 Å². The first-order valence-corrected chi connectivity index (χ1v) is 4.40. The Labute approximate surface area is 74.8 Å². The highest BCUT2D eigenvalue weighted by atomic mass is 32.2. The van der Waals surface area contributed by atoms with Gasteiger partial charge in [-0.15, -0.1) is 6.58 Å². The van der Waals surface area contributed by atoms with Crippen molar-refractivity contribution >= 4 is 18.7 Å². The van der Waals surface area contributed by atoms with Crippen LogP contribution in [-0.4, -0.2) is 31.4 Å². The van der Waals surface area contributed by atoms with E-state index >= 15 is 0 Å². The largest absolute Gasteiger partial charge is 0.381 e. The zero-order valence-electron chi connectivity index (χ0n) is 7.21. The molecule has 0 rings (SSSR count). The van der Waals surface area contributed by atoms with Crippen molar-refractivity contribution in [2.24, 2.45) is 0 Å². The third kappa shape index (κ3) is 3.56. The summed E-state index contributed by atoms with van der Waals surface area (Å²) in [5.74, 6) is 0. The van der Waals surface area contributed by atoms with E-state index in [-0.39, 0.29) is 5.25 Å². The molecule has 3 heteroatoms. The number of rotatable bonds is 5. The summed E-state index contributed by atoms with van der Waals surface area (Å²) in [4.78, 5) is 1.98. The quantitative estimate of drug-likeness (QED) is 0.454. The Morgan fingerprint density at radius 1 is 1.73 bits per heavy atom. The predicted molar refractivity (Wildman–Crippen MR) is 54.8 cm³/mol. The van der Waals surface area contributed by atoms with Crippen LogP contribution in [0, 0.1) is 0 Å². The average Bonchev–Trinajstić information content (AvgIpc) is 1.98. The second kappa shape index (κ2) is 5.36. The van der Waals surface area contributed by atoms with Crippen molar-refractivity contribution in [3.8, 4) is 0 Å². The van der Waals surface area contributed by atoms with E-state index in [9.17, 15) is 0 Å². The zero-order chi connectivity index (χ0) is 8.85. The topological polar surface area (TPSA) is 3.24 Å². The normalized spacial score (nSPS) is 12.2. The van der Waals surface area contributed by atoms with Gasteiger partial charge in [0.25, 0.3) is 0 Å². The van der Waals surface area contributed by atoms with Gasteiger partial charge in [-0.05, 0) is 6.42 Å². The van der Waals surface area contributed by atoms with Crippen molar-refractivity contribution in [1.29, 1.82) is 0 Å². The van der Waals surface area contributed by atoms with Crippen molar-refractivity contribution < 1.29 is 0 Å². The van der Waals surface area contributed by atoms with Gasteiger partial charge in [0.15, 0.2) is 7.12 Å². The second-order valence-corrected chi connectivity index (χ2v) is 3.38. The highest BCUT2D eigenvalue weighted by molar-refractivity contribution is 8.20. The van der Waals surface area contributed by atoms with E-state index < -0.39 is 0 Å². The van der Waals surface area contributed by atoms with Crippen LogP contribution in [0.3, 0.4) is 0 Å². The lowest BCUT2D eigenvalue weighted by atomic mass is 10.2. The van der Waals surface area contributed by atoms with Crippen molar-refractivity contribution in [3.05, 3.63) is 24.9 Å². The van der Waals surface area contributed by atoms with Gasteiger partial charge in [0.05, 0.1) is 0 Å². The number of allylic oxidation sites excluding steroid dienone is 1. The summed E-state index contributed by atoms with van der Waals surface area (Å²) < 4.78 is 0. The van der Waals surface area contributed by atoms with E-state index in [4.69, 9.17) is 7.12 Å². The molecule has 2 radical (unpaired) electrons.